The molecule has 1 aliphatic rings. The molecule has 0 saturated carbocycles. The Morgan fingerprint density at radius 3 is 2.80 bits per heavy atom. The van der Waals surface area contributed by atoms with E-state index in [1.807, 2.05) is 10.9 Å². The first kappa shape index (κ1) is 14.7. The van der Waals surface area contributed by atoms with Gasteiger partial charge in [0.25, 0.3) is 0 Å². The van der Waals surface area contributed by atoms with Crippen LogP contribution < -0.4 is 5.32 Å². The number of aromatic nitrogens is 3. The lowest BCUT2D eigenvalue weighted by Crippen LogP contribution is -2.34. The minimum absolute atomic E-state index is 0. The number of rotatable bonds is 3. The van der Waals surface area contributed by atoms with E-state index in [4.69, 9.17) is 0 Å². The number of halogens is 2. The Bertz CT molecular complexity index is 234. The van der Waals surface area contributed by atoms with Crippen LogP contribution in [0.3, 0.4) is 0 Å². The Kier molecular flexibility index (Phi) is 7.74. The zero-order valence-corrected chi connectivity index (χ0v) is 10.3. The average Bonchev–Trinajstić information content (AvgIpc) is 2.69. The van der Waals surface area contributed by atoms with E-state index in [9.17, 15) is 0 Å². The molecule has 0 aliphatic carbocycles. The average molecular weight is 253 g/mol. The van der Waals surface area contributed by atoms with E-state index in [0.717, 1.165) is 6.54 Å². The van der Waals surface area contributed by atoms with Crippen molar-refractivity contribution in [1.82, 2.24) is 20.3 Å². The van der Waals surface area contributed by atoms with E-state index in [2.05, 4.69) is 15.6 Å². The number of nitrogens with one attached hydrogen (secondary N) is 1. The molecule has 88 valence electrons. The quantitative estimate of drug-likeness (QED) is 0.890. The summed E-state index contributed by atoms with van der Waals surface area (Å²) in [5, 5.41) is 11.2. The maximum Gasteiger partial charge on any atom is 0.0692 e. The van der Waals surface area contributed by atoms with Gasteiger partial charge in [-0.3, -0.25) is 4.68 Å². The van der Waals surface area contributed by atoms with Gasteiger partial charge >= 0.3 is 0 Å². The number of nitrogens with zero attached hydrogens (tertiary/aromatic N) is 3. The Labute approximate surface area is 103 Å². The van der Waals surface area contributed by atoms with Crippen molar-refractivity contribution < 1.29 is 0 Å². The highest BCUT2D eigenvalue weighted by atomic mass is 35.5. The minimum atomic E-state index is 0. The molecule has 1 saturated heterocycles. The molecule has 1 fully saturated rings. The zero-order valence-electron chi connectivity index (χ0n) is 8.63. The second-order valence-electron chi connectivity index (χ2n) is 3.60. The highest BCUT2D eigenvalue weighted by Gasteiger charge is 2.11. The van der Waals surface area contributed by atoms with Crippen LogP contribution in [0.1, 0.15) is 25.7 Å². The number of hydrogen-bond acceptors (Lipinski definition) is 3. The molecule has 1 atom stereocenters. The van der Waals surface area contributed by atoms with Crippen molar-refractivity contribution in [3.05, 3.63) is 12.4 Å². The van der Waals surface area contributed by atoms with Gasteiger partial charge in [0.05, 0.1) is 6.20 Å². The fourth-order valence-electron chi connectivity index (χ4n) is 1.81. The summed E-state index contributed by atoms with van der Waals surface area (Å²) in [5.74, 6) is 0. The summed E-state index contributed by atoms with van der Waals surface area (Å²) in [6.45, 7) is 2.17. The first-order valence-corrected chi connectivity index (χ1v) is 5.02. The molecule has 0 radical (unpaired) electrons. The molecule has 4 nitrogen and oxygen atoms in total. The van der Waals surface area contributed by atoms with Gasteiger partial charge in [-0.25, -0.2) is 0 Å². The lowest BCUT2D eigenvalue weighted by atomic mass is 10.0. The van der Waals surface area contributed by atoms with Crippen molar-refractivity contribution in [3.8, 4) is 0 Å². The number of aryl methyl sites for hydroxylation is 1. The van der Waals surface area contributed by atoms with Crippen molar-refractivity contribution in [3.63, 3.8) is 0 Å². The van der Waals surface area contributed by atoms with Crippen molar-refractivity contribution >= 4 is 24.8 Å². The summed E-state index contributed by atoms with van der Waals surface area (Å²) in [6, 6.07) is 0.693. The molecule has 1 N–H and O–H groups in total. The number of piperidine rings is 1. The zero-order chi connectivity index (χ0) is 8.93. The fourth-order valence-corrected chi connectivity index (χ4v) is 1.81. The maximum atomic E-state index is 3.94. The van der Waals surface area contributed by atoms with Gasteiger partial charge in [0.2, 0.25) is 0 Å². The van der Waals surface area contributed by atoms with Gasteiger partial charge in [-0.15, -0.1) is 29.9 Å². The lowest BCUT2D eigenvalue weighted by Gasteiger charge is -2.23. The van der Waals surface area contributed by atoms with E-state index < -0.39 is 0 Å². The maximum absolute atomic E-state index is 3.94. The smallest absolute Gasteiger partial charge is 0.0692 e. The van der Waals surface area contributed by atoms with Crippen LogP contribution in [0.25, 0.3) is 0 Å². The first-order chi connectivity index (χ1) is 6.45. The molecule has 6 heteroatoms. The minimum Gasteiger partial charge on any atom is -0.314 e. The van der Waals surface area contributed by atoms with Crippen LogP contribution in [0.5, 0.6) is 0 Å². The topological polar surface area (TPSA) is 42.7 Å². The monoisotopic (exact) mass is 252 g/mol. The molecular formula is C9H18Cl2N4. The molecule has 2 heterocycles. The first-order valence-electron chi connectivity index (χ1n) is 5.02. The Morgan fingerprint density at radius 2 is 2.20 bits per heavy atom. The second-order valence-corrected chi connectivity index (χ2v) is 3.60. The van der Waals surface area contributed by atoms with E-state index in [-0.39, 0.29) is 24.8 Å². The number of hydrogen-bond donors (Lipinski definition) is 1. The highest BCUT2D eigenvalue weighted by molar-refractivity contribution is 5.85. The predicted molar refractivity (Wildman–Crippen MR) is 64.8 cm³/mol. The van der Waals surface area contributed by atoms with Crippen LogP contribution in [0.2, 0.25) is 0 Å². The third kappa shape index (κ3) is 4.82. The standard InChI is InChI=1S/C9H16N4.2ClH/c1-2-5-10-9(3-1)4-7-13-8-6-11-12-13;;/h6,8-10H,1-5,7H2;2*1H. The highest BCUT2D eigenvalue weighted by Crippen LogP contribution is 2.10. The Morgan fingerprint density at radius 1 is 1.33 bits per heavy atom. The summed E-state index contributed by atoms with van der Waals surface area (Å²) in [7, 11) is 0. The van der Waals surface area contributed by atoms with Gasteiger partial charge in [0.1, 0.15) is 0 Å². The van der Waals surface area contributed by atoms with Crippen LogP contribution in [0.4, 0.5) is 0 Å². The van der Waals surface area contributed by atoms with Gasteiger partial charge in [-0.05, 0) is 25.8 Å². The summed E-state index contributed by atoms with van der Waals surface area (Å²) in [6.07, 6.45) is 8.84. The second kappa shape index (κ2) is 7.91. The van der Waals surface area contributed by atoms with Gasteiger partial charge in [-0.2, -0.15) is 0 Å². The third-order valence-corrected chi connectivity index (χ3v) is 2.59. The van der Waals surface area contributed by atoms with Crippen molar-refractivity contribution in [2.24, 2.45) is 0 Å². The van der Waals surface area contributed by atoms with Gasteiger partial charge in [0.15, 0.2) is 0 Å². The van der Waals surface area contributed by atoms with E-state index in [1.54, 1.807) is 6.20 Å². The molecule has 1 unspecified atom stereocenters. The molecule has 1 aromatic heterocycles. The molecule has 2 rings (SSSR count). The van der Waals surface area contributed by atoms with Crippen molar-refractivity contribution in [1.29, 1.82) is 0 Å². The van der Waals surface area contributed by atoms with Crippen molar-refractivity contribution in [2.45, 2.75) is 38.3 Å². The van der Waals surface area contributed by atoms with Gasteiger partial charge in [-0.1, -0.05) is 11.6 Å². The summed E-state index contributed by atoms with van der Waals surface area (Å²) in [5.41, 5.74) is 0. The largest absolute Gasteiger partial charge is 0.314 e. The summed E-state index contributed by atoms with van der Waals surface area (Å²) < 4.78 is 1.90. The molecule has 0 amide bonds. The van der Waals surface area contributed by atoms with E-state index in [0.29, 0.717) is 6.04 Å². The fraction of sp³-hybridized carbons (Fsp3) is 0.778. The van der Waals surface area contributed by atoms with Crippen LogP contribution in [0, 0.1) is 0 Å². The normalized spacial score (nSPS) is 20.1. The van der Waals surface area contributed by atoms with Gasteiger partial charge < -0.3 is 5.32 Å². The third-order valence-electron chi connectivity index (χ3n) is 2.59. The molecular weight excluding hydrogens is 235 g/mol. The molecule has 15 heavy (non-hydrogen) atoms. The molecule has 1 aromatic rings. The van der Waals surface area contributed by atoms with E-state index >= 15 is 0 Å². The van der Waals surface area contributed by atoms with Crippen LogP contribution in [-0.4, -0.2) is 27.6 Å². The molecule has 1 aliphatic heterocycles. The summed E-state index contributed by atoms with van der Waals surface area (Å²) >= 11 is 0. The SMILES string of the molecule is Cl.Cl.c1cn(CCC2CCCCN2)nn1. The van der Waals surface area contributed by atoms with Gasteiger partial charge in [0, 0.05) is 18.8 Å². The van der Waals surface area contributed by atoms with E-state index in [1.165, 1.54) is 32.2 Å². The Balaban J connectivity index is 0.000000980. The molecule has 0 spiro atoms. The van der Waals surface area contributed by atoms with Crippen LogP contribution in [0.15, 0.2) is 12.4 Å². The lowest BCUT2D eigenvalue weighted by molar-refractivity contribution is 0.359. The van der Waals surface area contributed by atoms with Crippen molar-refractivity contribution in [2.75, 3.05) is 6.54 Å². The molecule has 0 bridgehead atoms. The Hall–Kier alpha value is -0.320. The predicted octanol–water partition coefficient (Wildman–Crippen LogP) is 1.65. The van der Waals surface area contributed by atoms with Crippen LogP contribution in [-0.2, 0) is 6.54 Å². The van der Waals surface area contributed by atoms with Crippen LogP contribution >= 0.6 is 24.8 Å². The summed E-state index contributed by atoms with van der Waals surface area (Å²) in [4.78, 5) is 0. The molecule has 0 aromatic carbocycles.